The Morgan fingerprint density at radius 2 is 1.50 bits per heavy atom. The fourth-order valence-electron chi connectivity index (χ4n) is 3.64. The monoisotopic (exact) mass is 460 g/mol. The minimum atomic E-state index is 0.460. The molecule has 0 aliphatic carbocycles. The van der Waals surface area contributed by atoms with Crippen LogP contribution in [0.25, 0.3) is 34.0 Å². The number of benzene rings is 3. The minimum absolute atomic E-state index is 0.460. The van der Waals surface area contributed by atoms with Crippen molar-refractivity contribution in [2.24, 2.45) is 0 Å². The number of hydrogen-bond acceptors (Lipinski definition) is 4. The van der Waals surface area contributed by atoms with Crippen LogP contribution in [0.2, 0.25) is 10.0 Å². The molecule has 0 aliphatic rings. The first kappa shape index (κ1) is 20.4. The Morgan fingerprint density at radius 1 is 0.750 bits per heavy atom. The van der Waals surface area contributed by atoms with E-state index in [1.54, 1.807) is 23.0 Å². The molecule has 5 rings (SSSR count). The Morgan fingerprint density at radius 3 is 2.25 bits per heavy atom. The Labute approximate surface area is 195 Å². The van der Waals surface area contributed by atoms with Crippen LogP contribution in [0.4, 0.5) is 0 Å². The molecule has 32 heavy (non-hydrogen) atoms. The van der Waals surface area contributed by atoms with Gasteiger partial charge in [-0.3, -0.25) is 0 Å². The predicted molar refractivity (Wildman–Crippen MR) is 127 cm³/mol. The largest absolute Gasteiger partial charge is 0.232 e. The van der Waals surface area contributed by atoms with E-state index in [1.807, 2.05) is 54.1 Å². The van der Waals surface area contributed by atoms with Gasteiger partial charge in [-0.2, -0.15) is 9.78 Å². The van der Waals surface area contributed by atoms with E-state index in [0.29, 0.717) is 15.9 Å². The van der Waals surface area contributed by atoms with E-state index in [9.17, 15) is 0 Å². The Hall–Kier alpha value is -3.48. The van der Waals surface area contributed by atoms with Gasteiger partial charge in [0.2, 0.25) is 0 Å². The zero-order chi connectivity index (χ0) is 22.2. The van der Waals surface area contributed by atoms with E-state index >= 15 is 0 Å². The van der Waals surface area contributed by atoms with E-state index in [4.69, 9.17) is 23.2 Å². The fourth-order valence-corrected chi connectivity index (χ4v) is 3.93. The molecule has 0 fully saturated rings. The molecule has 5 aromatic rings. The Balaban J connectivity index is 1.76. The van der Waals surface area contributed by atoms with Crippen LogP contribution >= 0.6 is 23.2 Å². The van der Waals surface area contributed by atoms with Crippen molar-refractivity contribution in [2.45, 2.75) is 13.8 Å². The second-order valence-corrected chi connectivity index (χ2v) is 8.30. The zero-order valence-electron chi connectivity index (χ0n) is 17.4. The van der Waals surface area contributed by atoms with Crippen LogP contribution in [0.15, 0.2) is 72.9 Å². The van der Waals surface area contributed by atoms with Crippen molar-refractivity contribution in [3.05, 3.63) is 94.1 Å². The summed E-state index contributed by atoms with van der Waals surface area (Å²) in [4.78, 5) is 0. The molecule has 3 aromatic carbocycles. The highest BCUT2D eigenvalue weighted by atomic mass is 35.5. The molecule has 0 saturated carbocycles. The molecule has 0 atom stereocenters. The molecule has 0 aliphatic heterocycles. The summed E-state index contributed by atoms with van der Waals surface area (Å²) in [6.45, 7) is 4.11. The van der Waals surface area contributed by atoms with Crippen molar-refractivity contribution in [3.8, 4) is 34.0 Å². The van der Waals surface area contributed by atoms with Crippen molar-refractivity contribution in [1.29, 1.82) is 0 Å². The Kier molecular flexibility index (Phi) is 5.25. The predicted octanol–water partition coefficient (Wildman–Crippen LogP) is 6.11. The quantitative estimate of drug-likeness (QED) is 0.324. The molecule has 0 bridgehead atoms. The maximum Gasteiger partial charge on any atom is 0.190 e. The molecule has 8 heteroatoms. The summed E-state index contributed by atoms with van der Waals surface area (Å²) in [5.41, 5.74) is 6.61. The van der Waals surface area contributed by atoms with Crippen LogP contribution in [0.3, 0.4) is 0 Å². The summed E-state index contributed by atoms with van der Waals surface area (Å²) < 4.78 is 3.56. The van der Waals surface area contributed by atoms with Crippen molar-refractivity contribution in [3.63, 3.8) is 0 Å². The van der Waals surface area contributed by atoms with Gasteiger partial charge in [-0.25, -0.2) is 4.68 Å². The van der Waals surface area contributed by atoms with Crippen molar-refractivity contribution in [1.82, 2.24) is 30.0 Å². The lowest BCUT2D eigenvalue weighted by Crippen LogP contribution is -2.03. The molecule has 2 aromatic heterocycles. The second kappa shape index (κ2) is 8.22. The molecule has 2 heterocycles. The van der Waals surface area contributed by atoms with Gasteiger partial charge in [0.1, 0.15) is 0 Å². The van der Waals surface area contributed by atoms with Gasteiger partial charge in [0.05, 0.1) is 38.9 Å². The number of nitrogens with zero attached hydrogens (tertiary/aromatic N) is 6. The van der Waals surface area contributed by atoms with E-state index in [-0.39, 0.29) is 0 Å². The summed E-state index contributed by atoms with van der Waals surface area (Å²) in [6, 6.07) is 21.6. The van der Waals surface area contributed by atoms with Gasteiger partial charge in [0, 0.05) is 5.56 Å². The summed E-state index contributed by atoms with van der Waals surface area (Å²) >= 11 is 12.5. The third-order valence-electron chi connectivity index (χ3n) is 5.31. The van der Waals surface area contributed by atoms with Crippen molar-refractivity contribution < 1.29 is 0 Å². The lowest BCUT2D eigenvalue weighted by Gasteiger charge is -2.13. The van der Waals surface area contributed by atoms with Gasteiger partial charge in [0.25, 0.3) is 0 Å². The van der Waals surface area contributed by atoms with E-state index in [1.165, 1.54) is 0 Å². The molecule has 0 saturated heterocycles. The first-order chi connectivity index (χ1) is 15.5. The Bertz CT molecular complexity index is 1420. The van der Waals surface area contributed by atoms with E-state index < -0.39 is 0 Å². The third kappa shape index (κ3) is 3.57. The minimum Gasteiger partial charge on any atom is -0.232 e. The van der Waals surface area contributed by atoms with E-state index in [0.717, 1.165) is 39.3 Å². The zero-order valence-corrected chi connectivity index (χ0v) is 18.9. The standard InChI is InChI=1S/C24H18Cl2N6/c1-15-7-9-17(10-8-15)32-24(28-29-30-32)20-14-27-31(18-11-12-21(25)22(26)13-18)23(20)19-6-4-3-5-16(19)2/h3-14H,1-2H3. The lowest BCUT2D eigenvalue weighted by molar-refractivity contribution is 0.791. The smallest absolute Gasteiger partial charge is 0.190 e. The first-order valence-electron chi connectivity index (χ1n) is 9.98. The normalized spacial score (nSPS) is 11.1. The number of aryl methyl sites for hydroxylation is 2. The highest BCUT2D eigenvalue weighted by Crippen LogP contribution is 2.36. The number of rotatable bonds is 4. The molecule has 158 valence electrons. The van der Waals surface area contributed by atoms with Crippen molar-refractivity contribution >= 4 is 23.2 Å². The second-order valence-electron chi connectivity index (χ2n) is 7.48. The number of aromatic nitrogens is 6. The molecule has 0 amide bonds. The molecule has 6 nitrogen and oxygen atoms in total. The highest BCUT2D eigenvalue weighted by molar-refractivity contribution is 6.42. The maximum atomic E-state index is 6.31. The van der Waals surface area contributed by atoms with Gasteiger partial charge in [-0.1, -0.05) is 65.2 Å². The van der Waals surface area contributed by atoms with Crippen LogP contribution in [0.5, 0.6) is 0 Å². The molecular formula is C24H18Cl2N6. The van der Waals surface area contributed by atoms with Gasteiger partial charge < -0.3 is 0 Å². The van der Waals surface area contributed by atoms with Gasteiger partial charge in [-0.05, 0) is 60.2 Å². The summed E-state index contributed by atoms with van der Waals surface area (Å²) in [5, 5.41) is 18.2. The number of tetrazole rings is 1. The highest BCUT2D eigenvalue weighted by Gasteiger charge is 2.22. The van der Waals surface area contributed by atoms with Crippen LogP contribution in [-0.2, 0) is 0 Å². The van der Waals surface area contributed by atoms with Crippen molar-refractivity contribution in [2.75, 3.05) is 0 Å². The molecule has 0 N–H and O–H groups in total. The third-order valence-corrected chi connectivity index (χ3v) is 6.05. The summed E-state index contributed by atoms with van der Waals surface area (Å²) in [5.74, 6) is 0.596. The summed E-state index contributed by atoms with van der Waals surface area (Å²) in [7, 11) is 0. The van der Waals surface area contributed by atoms with Crippen LogP contribution in [-0.4, -0.2) is 30.0 Å². The van der Waals surface area contributed by atoms with E-state index in [2.05, 4.69) is 39.7 Å². The average Bonchev–Trinajstić information content (AvgIpc) is 3.44. The van der Waals surface area contributed by atoms with Crippen LogP contribution in [0, 0.1) is 13.8 Å². The number of halogens is 2. The molecule has 0 spiro atoms. The van der Waals surface area contributed by atoms with Gasteiger partial charge >= 0.3 is 0 Å². The molecule has 0 radical (unpaired) electrons. The first-order valence-corrected chi connectivity index (χ1v) is 10.7. The van der Waals surface area contributed by atoms with Crippen LogP contribution < -0.4 is 0 Å². The van der Waals surface area contributed by atoms with Crippen LogP contribution in [0.1, 0.15) is 11.1 Å². The topological polar surface area (TPSA) is 61.4 Å². The molecule has 0 unspecified atom stereocenters. The number of hydrogen-bond donors (Lipinski definition) is 0. The fraction of sp³-hybridized carbons (Fsp3) is 0.0833. The summed E-state index contributed by atoms with van der Waals surface area (Å²) in [6.07, 6.45) is 1.78. The van der Waals surface area contributed by atoms with Gasteiger partial charge in [0.15, 0.2) is 5.82 Å². The maximum absolute atomic E-state index is 6.31. The SMILES string of the molecule is Cc1ccc(-n2nnnc2-c2cnn(-c3ccc(Cl)c(Cl)c3)c2-c2ccccc2C)cc1. The van der Waals surface area contributed by atoms with Gasteiger partial charge in [-0.15, -0.1) is 5.10 Å². The lowest BCUT2D eigenvalue weighted by atomic mass is 10.0. The molecular weight excluding hydrogens is 443 g/mol. The average molecular weight is 461 g/mol.